The molecule has 0 N–H and O–H groups in total. The molecule has 3 rings (SSSR count). The SMILES string of the molecule is CCCOc1ccc2sc3ccccc3c(=O)c2c1Cl. The highest BCUT2D eigenvalue weighted by atomic mass is 35.5. The van der Waals surface area contributed by atoms with Gasteiger partial charge < -0.3 is 4.74 Å². The average Bonchev–Trinajstić information content (AvgIpc) is 2.47. The second kappa shape index (κ2) is 5.43. The Morgan fingerprint density at radius 2 is 1.95 bits per heavy atom. The largest absolute Gasteiger partial charge is 0.492 e. The minimum Gasteiger partial charge on any atom is -0.492 e. The van der Waals surface area contributed by atoms with Gasteiger partial charge in [0, 0.05) is 14.8 Å². The molecule has 0 aliphatic rings. The molecular weight excluding hydrogens is 292 g/mol. The van der Waals surface area contributed by atoms with E-state index < -0.39 is 0 Å². The molecule has 2 aromatic carbocycles. The molecule has 0 saturated carbocycles. The van der Waals surface area contributed by atoms with E-state index >= 15 is 0 Å². The van der Waals surface area contributed by atoms with Crippen molar-refractivity contribution in [2.45, 2.75) is 13.3 Å². The minimum absolute atomic E-state index is 0.0266. The first kappa shape index (κ1) is 13.4. The molecule has 0 radical (unpaired) electrons. The zero-order chi connectivity index (χ0) is 14.1. The molecule has 0 aliphatic carbocycles. The Labute approximate surface area is 125 Å². The Kier molecular flexibility index (Phi) is 3.64. The highest BCUT2D eigenvalue weighted by molar-refractivity contribution is 7.24. The van der Waals surface area contributed by atoms with Gasteiger partial charge in [0.2, 0.25) is 0 Å². The van der Waals surface area contributed by atoms with Gasteiger partial charge >= 0.3 is 0 Å². The molecule has 1 aromatic heterocycles. The highest BCUT2D eigenvalue weighted by Crippen LogP contribution is 2.35. The maximum atomic E-state index is 12.6. The fourth-order valence-corrected chi connectivity index (χ4v) is 3.60. The summed E-state index contributed by atoms with van der Waals surface area (Å²) < 4.78 is 7.46. The Hall–Kier alpha value is -1.58. The van der Waals surface area contributed by atoms with Crippen molar-refractivity contribution in [3.63, 3.8) is 0 Å². The van der Waals surface area contributed by atoms with Crippen LogP contribution in [-0.2, 0) is 0 Å². The molecule has 0 fully saturated rings. The molecule has 102 valence electrons. The van der Waals surface area contributed by atoms with Crippen molar-refractivity contribution in [1.82, 2.24) is 0 Å². The first-order valence-electron chi connectivity index (χ1n) is 6.49. The van der Waals surface area contributed by atoms with E-state index in [1.807, 2.05) is 43.3 Å². The van der Waals surface area contributed by atoms with Crippen LogP contribution < -0.4 is 10.2 Å². The van der Waals surface area contributed by atoms with Crippen LogP contribution in [0.5, 0.6) is 5.75 Å². The number of halogens is 1. The van der Waals surface area contributed by atoms with Gasteiger partial charge in [0.25, 0.3) is 0 Å². The quantitative estimate of drug-likeness (QED) is 0.646. The van der Waals surface area contributed by atoms with Crippen molar-refractivity contribution in [2.24, 2.45) is 0 Å². The van der Waals surface area contributed by atoms with Gasteiger partial charge in [-0.2, -0.15) is 0 Å². The van der Waals surface area contributed by atoms with E-state index in [0.29, 0.717) is 28.2 Å². The second-order valence-corrected chi connectivity index (χ2v) is 5.99. The monoisotopic (exact) mass is 304 g/mol. The molecule has 1 heterocycles. The van der Waals surface area contributed by atoms with Crippen molar-refractivity contribution in [3.05, 3.63) is 51.6 Å². The number of hydrogen-bond donors (Lipinski definition) is 0. The molecule has 4 heteroatoms. The summed E-state index contributed by atoms with van der Waals surface area (Å²) in [6, 6.07) is 11.3. The summed E-state index contributed by atoms with van der Waals surface area (Å²) in [7, 11) is 0. The minimum atomic E-state index is -0.0266. The fourth-order valence-electron chi connectivity index (χ4n) is 2.16. The molecule has 0 aliphatic heterocycles. The molecule has 0 bridgehead atoms. The lowest BCUT2D eigenvalue weighted by atomic mass is 10.2. The molecule has 2 nitrogen and oxygen atoms in total. The maximum Gasteiger partial charge on any atom is 0.197 e. The summed E-state index contributed by atoms with van der Waals surface area (Å²) >= 11 is 7.94. The Morgan fingerprint density at radius 1 is 1.15 bits per heavy atom. The summed E-state index contributed by atoms with van der Waals surface area (Å²) in [6.07, 6.45) is 0.902. The molecular formula is C16H13ClO2S. The van der Waals surface area contributed by atoms with Crippen LogP contribution >= 0.6 is 22.9 Å². The lowest BCUT2D eigenvalue weighted by Crippen LogP contribution is -2.03. The van der Waals surface area contributed by atoms with Crippen LogP contribution in [0.2, 0.25) is 5.02 Å². The van der Waals surface area contributed by atoms with Gasteiger partial charge in [-0.15, -0.1) is 11.3 Å². The van der Waals surface area contributed by atoms with E-state index in [4.69, 9.17) is 16.3 Å². The van der Waals surface area contributed by atoms with E-state index in [0.717, 1.165) is 15.8 Å². The van der Waals surface area contributed by atoms with Gasteiger partial charge in [-0.1, -0.05) is 30.7 Å². The number of rotatable bonds is 3. The van der Waals surface area contributed by atoms with Crippen molar-refractivity contribution in [2.75, 3.05) is 6.61 Å². The lowest BCUT2D eigenvalue weighted by molar-refractivity contribution is 0.318. The van der Waals surface area contributed by atoms with E-state index in [9.17, 15) is 4.79 Å². The third kappa shape index (κ3) is 2.17. The van der Waals surface area contributed by atoms with Crippen LogP contribution in [0.15, 0.2) is 41.2 Å². The molecule has 0 spiro atoms. The number of hydrogen-bond acceptors (Lipinski definition) is 3. The third-order valence-corrected chi connectivity index (χ3v) is 4.62. The van der Waals surface area contributed by atoms with Gasteiger partial charge in [-0.3, -0.25) is 4.79 Å². The predicted molar refractivity (Wildman–Crippen MR) is 86.4 cm³/mol. The fraction of sp³-hybridized carbons (Fsp3) is 0.188. The van der Waals surface area contributed by atoms with E-state index in [1.54, 1.807) is 11.3 Å². The van der Waals surface area contributed by atoms with Gasteiger partial charge in [0.1, 0.15) is 5.75 Å². The van der Waals surface area contributed by atoms with E-state index in [-0.39, 0.29) is 5.43 Å². The topological polar surface area (TPSA) is 26.3 Å². The van der Waals surface area contributed by atoms with Gasteiger partial charge in [0.15, 0.2) is 5.43 Å². The van der Waals surface area contributed by atoms with Crippen molar-refractivity contribution < 1.29 is 4.74 Å². The Morgan fingerprint density at radius 3 is 2.75 bits per heavy atom. The van der Waals surface area contributed by atoms with Crippen LogP contribution in [0, 0.1) is 0 Å². The lowest BCUT2D eigenvalue weighted by Gasteiger charge is -2.09. The third-order valence-electron chi connectivity index (χ3n) is 3.11. The average molecular weight is 305 g/mol. The standard InChI is InChI=1S/C16H13ClO2S/c1-2-9-19-11-7-8-13-14(15(11)17)16(18)10-5-3-4-6-12(10)20-13/h3-8H,2,9H2,1H3. The number of ether oxygens (including phenoxy) is 1. The smallest absolute Gasteiger partial charge is 0.197 e. The maximum absolute atomic E-state index is 12.6. The first-order valence-corrected chi connectivity index (χ1v) is 7.68. The zero-order valence-electron chi connectivity index (χ0n) is 11.0. The molecule has 0 atom stereocenters. The molecule has 0 amide bonds. The van der Waals surface area contributed by atoms with Crippen LogP contribution in [0.3, 0.4) is 0 Å². The summed E-state index contributed by atoms with van der Waals surface area (Å²) in [6.45, 7) is 2.62. The number of benzene rings is 2. The highest BCUT2D eigenvalue weighted by Gasteiger charge is 2.13. The molecule has 3 aromatic rings. The van der Waals surface area contributed by atoms with Gasteiger partial charge in [0.05, 0.1) is 17.0 Å². The predicted octanol–water partition coefficient (Wildman–Crippen LogP) is 4.86. The molecule has 0 unspecified atom stereocenters. The van der Waals surface area contributed by atoms with Crippen LogP contribution in [0.1, 0.15) is 13.3 Å². The van der Waals surface area contributed by atoms with Crippen LogP contribution in [-0.4, -0.2) is 6.61 Å². The van der Waals surface area contributed by atoms with Crippen molar-refractivity contribution >= 4 is 43.1 Å². The number of fused-ring (bicyclic) bond motifs is 2. The second-order valence-electron chi connectivity index (χ2n) is 4.53. The van der Waals surface area contributed by atoms with E-state index in [2.05, 4.69) is 0 Å². The molecule has 20 heavy (non-hydrogen) atoms. The first-order chi connectivity index (χ1) is 9.72. The normalized spacial score (nSPS) is 11.1. The zero-order valence-corrected chi connectivity index (χ0v) is 12.6. The van der Waals surface area contributed by atoms with Gasteiger partial charge in [-0.05, 0) is 30.7 Å². The summed E-state index contributed by atoms with van der Waals surface area (Å²) in [5.41, 5.74) is -0.0266. The Balaban J connectivity index is 2.33. The van der Waals surface area contributed by atoms with Crippen molar-refractivity contribution in [3.8, 4) is 5.75 Å². The Bertz CT molecular complexity index is 839. The summed E-state index contributed by atoms with van der Waals surface area (Å²) in [4.78, 5) is 12.6. The summed E-state index contributed by atoms with van der Waals surface area (Å²) in [5, 5.41) is 1.69. The van der Waals surface area contributed by atoms with Gasteiger partial charge in [-0.25, -0.2) is 0 Å². The van der Waals surface area contributed by atoms with Crippen molar-refractivity contribution in [1.29, 1.82) is 0 Å². The van der Waals surface area contributed by atoms with Crippen LogP contribution in [0.4, 0.5) is 0 Å². The van der Waals surface area contributed by atoms with E-state index in [1.165, 1.54) is 0 Å². The van der Waals surface area contributed by atoms with Crippen LogP contribution in [0.25, 0.3) is 20.2 Å². The summed E-state index contributed by atoms with van der Waals surface area (Å²) in [5.74, 6) is 0.584. The molecule has 0 saturated heterocycles.